The zero-order valence-electron chi connectivity index (χ0n) is 12.5. The van der Waals surface area contributed by atoms with Crippen LogP contribution in [-0.2, 0) is 10.5 Å². The molecule has 110 valence electrons. The third-order valence-corrected chi connectivity index (χ3v) is 5.21. The van der Waals surface area contributed by atoms with E-state index in [1.54, 1.807) is 11.8 Å². The lowest BCUT2D eigenvalue weighted by molar-refractivity contribution is -0.133. The molecule has 1 amide bonds. The number of amides is 1. The van der Waals surface area contributed by atoms with E-state index in [1.165, 1.54) is 5.56 Å². The van der Waals surface area contributed by atoms with E-state index in [2.05, 4.69) is 31.3 Å². The van der Waals surface area contributed by atoms with Crippen LogP contribution in [-0.4, -0.2) is 41.2 Å². The Kier molecular flexibility index (Phi) is 5.49. The molecule has 0 saturated carbocycles. The largest absolute Gasteiger partial charge is 0.336 e. The lowest BCUT2D eigenvalue weighted by Crippen LogP contribution is -2.58. The molecule has 1 heterocycles. The molecule has 3 unspecified atom stereocenters. The Labute approximate surface area is 126 Å². The van der Waals surface area contributed by atoms with E-state index < -0.39 is 0 Å². The van der Waals surface area contributed by atoms with Crippen LogP contribution in [0.25, 0.3) is 0 Å². The van der Waals surface area contributed by atoms with Crippen LogP contribution in [0.5, 0.6) is 0 Å². The number of hydrogen-bond acceptors (Lipinski definition) is 3. The van der Waals surface area contributed by atoms with Gasteiger partial charge in [-0.2, -0.15) is 0 Å². The summed E-state index contributed by atoms with van der Waals surface area (Å²) in [5, 5.41) is 3.43. The van der Waals surface area contributed by atoms with Crippen molar-refractivity contribution in [1.29, 1.82) is 0 Å². The minimum atomic E-state index is 0.0166. The minimum Gasteiger partial charge on any atom is -0.336 e. The van der Waals surface area contributed by atoms with Gasteiger partial charge in [-0.1, -0.05) is 30.3 Å². The topological polar surface area (TPSA) is 32.3 Å². The highest BCUT2D eigenvalue weighted by atomic mass is 32.2. The number of carbonyl (C=O) groups excluding carboxylic acids is 1. The van der Waals surface area contributed by atoms with E-state index in [1.807, 2.05) is 30.0 Å². The summed E-state index contributed by atoms with van der Waals surface area (Å²) < 4.78 is 0. The number of thioether (sulfide) groups is 1. The Balaban J connectivity index is 1.88. The molecular weight excluding hydrogens is 268 g/mol. The molecule has 1 aliphatic rings. The quantitative estimate of drug-likeness (QED) is 0.925. The van der Waals surface area contributed by atoms with Gasteiger partial charge in [0, 0.05) is 30.9 Å². The lowest BCUT2D eigenvalue weighted by atomic mass is 10.1. The molecule has 1 aromatic carbocycles. The molecule has 0 radical (unpaired) electrons. The molecule has 3 atom stereocenters. The molecule has 1 N–H and O–H groups in total. The van der Waals surface area contributed by atoms with E-state index >= 15 is 0 Å². The predicted molar refractivity (Wildman–Crippen MR) is 85.8 cm³/mol. The van der Waals surface area contributed by atoms with Crippen molar-refractivity contribution in [2.24, 2.45) is 0 Å². The van der Waals surface area contributed by atoms with E-state index in [-0.39, 0.29) is 17.2 Å². The van der Waals surface area contributed by atoms with Gasteiger partial charge >= 0.3 is 0 Å². The molecule has 3 nitrogen and oxygen atoms in total. The van der Waals surface area contributed by atoms with Crippen molar-refractivity contribution in [2.45, 2.75) is 43.9 Å². The summed E-state index contributed by atoms with van der Waals surface area (Å²) in [5.41, 5.74) is 1.28. The van der Waals surface area contributed by atoms with Crippen LogP contribution in [0.2, 0.25) is 0 Å². The van der Waals surface area contributed by atoms with Crippen LogP contribution in [0.4, 0.5) is 0 Å². The van der Waals surface area contributed by atoms with Gasteiger partial charge < -0.3 is 10.2 Å². The van der Waals surface area contributed by atoms with Gasteiger partial charge in [-0.05, 0) is 26.3 Å². The Morgan fingerprint density at radius 3 is 2.80 bits per heavy atom. The fraction of sp³-hybridized carbons (Fsp3) is 0.562. The number of piperazine rings is 1. The number of carbonyl (C=O) groups is 1. The van der Waals surface area contributed by atoms with Crippen molar-refractivity contribution in [3.63, 3.8) is 0 Å². The highest BCUT2D eigenvalue weighted by Crippen LogP contribution is 2.21. The first kappa shape index (κ1) is 15.4. The summed E-state index contributed by atoms with van der Waals surface area (Å²) in [7, 11) is 0. The van der Waals surface area contributed by atoms with E-state index in [0.717, 1.165) is 18.8 Å². The summed E-state index contributed by atoms with van der Waals surface area (Å²) in [6.07, 6.45) is 0. The highest BCUT2D eigenvalue weighted by Gasteiger charge is 2.30. The molecule has 0 bridgehead atoms. The molecule has 0 spiro atoms. The molecule has 0 aromatic heterocycles. The maximum Gasteiger partial charge on any atom is 0.235 e. The Bertz CT molecular complexity index is 437. The second-order valence-corrected chi connectivity index (χ2v) is 6.78. The summed E-state index contributed by atoms with van der Waals surface area (Å²) in [5.74, 6) is 1.16. The zero-order chi connectivity index (χ0) is 14.5. The third-order valence-electron chi connectivity index (χ3n) is 4.01. The first-order valence-corrected chi connectivity index (χ1v) is 8.34. The van der Waals surface area contributed by atoms with Crippen molar-refractivity contribution in [2.75, 3.05) is 13.1 Å². The van der Waals surface area contributed by atoms with Gasteiger partial charge in [0.2, 0.25) is 5.91 Å². The first-order valence-electron chi connectivity index (χ1n) is 7.29. The van der Waals surface area contributed by atoms with E-state index in [4.69, 9.17) is 0 Å². The molecular formula is C16H24N2OS. The number of nitrogens with one attached hydrogen (secondary N) is 1. The number of hydrogen-bond donors (Lipinski definition) is 1. The molecule has 0 aliphatic carbocycles. The van der Waals surface area contributed by atoms with Crippen LogP contribution >= 0.6 is 11.8 Å². The van der Waals surface area contributed by atoms with Crippen molar-refractivity contribution < 1.29 is 4.79 Å². The predicted octanol–water partition coefficient (Wildman–Crippen LogP) is 2.52. The van der Waals surface area contributed by atoms with Gasteiger partial charge in [0.1, 0.15) is 0 Å². The van der Waals surface area contributed by atoms with Gasteiger partial charge in [0.15, 0.2) is 0 Å². The van der Waals surface area contributed by atoms with Crippen molar-refractivity contribution >= 4 is 17.7 Å². The number of rotatable bonds is 4. The molecule has 1 saturated heterocycles. The fourth-order valence-electron chi connectivity index (χ4n) is 2.47. The maximum absolute atomic E-state index is 12.6. The Morgan fingerprint density at radius 2 is 2.10 bits per heavy atom. The van der Waals surface area contributed by atoms with Crippen LogP contribution in [0, 0.1) is 0 Å². The lowest BCUT2D eigenvalue weighted by Gasteiger charge is -2.39. The Hall–Kier alpha value is -1.00. The van der Waals surface area contributed by atoms with Gasteiger partial charge in [0.05, 0.1) is 5.25 Å². The summed E-state index contributed by atoms with van der Waals surface area (Å²) in [4.78, 5) is 14.6. The normalized spacial score (nSPS) is 24.4. The molecule has 1 fully saturated rings. The standard InChI is InChI=1S/C16H24N2OS/c1-12-13(2)18(10-9-17-12)16(19)14(3)20-11-15-7-5-4-6-8-15/h4-8,12-14,17H,9-11H2,1-3H3. The van der Waals surface area contributed by atoms with Gasteiger partial charge in [-0.3, -0.25) is 4.79 Å². The van der Waals surface area contributed by atoms with Crippen molar-refractivity contribution in [3.8, 4) is 0 Å². The molecule has 1 aromatic rings. The second kappa shape index (κ2) is 7.14. The molecule has 1 aliphatic heterocycles. The molecule has 2 rings (SSSR count). The van der Waals surface area contributed by atoms with Crippen molar-refractivity contribution in [3.05, 3.63) is 35.9 Å². The SMILES string of the molecule is CC(SCc1ccccc1)C(=O)N1CCNC(C)C1C. The van der Waals surface area contributed by atoms with Gasteiger partial charge in [-0.15, -0.1) is 11.8 Å². The maximum atomic E-state index is 12.6. The summed E-state index contributed by atoms with van der Waals surface area (Å²) >= 11 is 1.72. The highest BCUT2D eigenvalue weighted by molar-refractivity contribution is 7.99. The van der Waals surface area contributed by atoms with Gasteiger partial charge in [-0.25, -0.2) is 0 Å². The zero-order valence-corrected chi connectivity index (χ0v) is 13.3. The van der Waals surface area contributed by atoms with Gasteiger partial charge in [0.25, 0.3) is 0 Å². The first-order chi connectivity index (χ1) is 9.59. The minimum absolute atomic E-state index is 0.0166. The average molecular weight is 292 g/mol. The fourth-order valence-corrected chi connectivity index (χ4v) is 3.38. The molecule has 20 heavy (non-hydrogen) atoms. The molecule has 4 heteroatoms. The second-order valence-electron chi connectivity index (χ2n) is 5.45. The van der Waals surface area contributed by atoms with Crippen LogP contribution < -0.4 is 5.32 Å². The van der Waals surface area contributed by atoms with Crippen molar-refractivity contribution in [1.82, 2.24) is 10.2 Å². The average Bonchev–Trinajstić information content (AvgIpc) is 2.48. The van der Waals surface area contributed by atoms with E-state index in [0.29, 0.717) is 6.04 Å². The third kappa shape index (κ3) is 3.76. The monoisotopic (exact) mass is 292 g/mol. The summed E-state index contributed by atoms with van der Waals surface area (Å²) in [6.45, 7) is 8.01. The van der Waals surface area contributed by atoms with Crippen LogP contribution in [0.15, 0.2) is 30.3 Å². The summed E-state index contributed by atoms with van der Waals surface area (Å²) in [6, 6.07) is 11.0. The number of benzene rings is 1. The van der Waals surface area contributed by atoms with Crippen LogP contribution in [0.1, 0.15) is 26.3 Å². The Morgan fingerprint density at radius 1 is 1.40 bits per heavy atom. The van der Waals surface area contributed by atoms with E-state index in [9.17, 15) is 4.79 Å². The smallest absolute Gasteiger partial charge is 0.235 e. The van der Waals surface area contributed by atoms with Crippen LogP contribution in [0.3, 0.4) is 0 Å². The number of nitrogens with zero attached hydrogens (tertiary/aromatic N) is 1.